The first-order valence-electron chi connectivity index (χ1n) is 6.76. The van der Waals surface area contributed by atoms with Crippen molar-refractivity contribution >= 4 is 12.4 Å². The zero-order valence-electron chi connectivity index (χ0n) is 11.4. The van der Waals surface area contributed by atoms with E-state index in [4.69, 9.17) is 10.5 Å². The molecule has 0 radical (unpaired) electrons. The summed E-state index contributed by atoms with van der Waals surface area (Å²) in [5, 5.41) is 0. The maximum Gasteiger partial charge on any atom is 0.126 e. The molecule has 108 valence electrons. The summed E-state index contributed by atoms with van der Waals surface area (Å²) in [6.45, 7) is 3.48. The van der Waals surface area contributed by atoms with Gasteiger partial charge in [-0.3, -0.25) is 0 Å². The number of ether oxygens (including phenoxy) is 1. The fraction of sp³-hybridized carbons (Fsp3) is 0.600. The van der Waals surface area contributed by atoms with Crippen LogP contribution in [-0.4, -0.2) is 19.3 Å². The Morgan fingerprint density at radius 1 is 1.32 bits per heavy atom. The fourth-order valence-electron chi connectivity index (χ4n) is 2.88. The van der Waals surface area contributed by atoms with Crippen molar-refractivity contribution < 1.29 is 9.13 Å². The summed E-state index contributed by atoms with van der Waals surface area (Å²) in [4.78, 5) is 0. The molecule has 0 saturated carbocycles. The van der Waals surface area contributed by atoms with Crippen molar-refractivity contribution in [2.45, 2.75) is 44.1 Å². The van der Waals surface area contributed by atoms with Gasteiger partial charge in [-0.15, -0.1) is 12.4 Å². The van der Waals surface area contributed by atoms with Gasteiger partial charge in [-0.05, 0) is 37.3 Å². The molecule has 1 unspecified atom stereocenters. The highest BCUT2D eigenvalue weighted by molar-refractivity contribution is 5.85. The van der Waals surface area contributed by atoms with Crippen LogP contribution in [0.2, 0.25) is 0 Å². The highest BCUT2D eigenvalue weighted by Crippen LogP contribution is 2.40. The fourth-order valence-corrected chi connectivity index (χ4v) is 2.88. The third-order valence-corrected chi connectivity index (χ3v) is 4.07. The number of halogens is 2. The number of hydrogen-bond donors (Lipinski definition) is 1. The molecule has 1 aromatic rings. The molecule has 1 aromatic carbocycles. The van der Waals surface area contributed by atoms with Crippen LogP contribution in [-0.2, 0) is 10.2 Å². The predicted molar refractivity (Wildman–Crippen MR) is 78.3 cm³/mol. The van der Waals surface area contributed by atoms with Gasteiger partial charge in [0, 0.05) is 24.7 Å². The molecular weight excluding hydrogens is 265 g/mol. The molecule has 2 N–H and O–H groups in total. The quantitative estimate of drug-likeness (QED) is 0.921. The van der Waals surface area contributed by atoms with Crippen molar-refractivity contribution in [3.8, 4) is 0 Å². The van der Waals surface area contributed by atoms with Crippen LogP contribution in [0.3, 0.4) is 0 Å². The Balaban J connectivity index is 0.00000180. The van der Waals surface area contributed by atoms with Gasteiger partial charge in [-0.2, -0.15) is 0 Å². The van der Waals surface area contributed by atoms with Crippen molar-refractivity contribution in [3.05, 3.63) is 35.6 Å². The second kappa shape index (κ2) is 7.22. The van der Waals surface area contributed by atoms with Gasteiger partial charge in [0.15, 0.2) is 0 Å². The molecule has 0 bridgehead atoms. The summed E-state index contributed by atoms with van der Waals surface area (Å²) in [5.41, 5.74) is 6.79. The van der Waals surface area contributed by atoms with E-state index < -0.39 is 0 Å². The molecule has 1 aliphatic rings. The highest BCUT2D eigenvalue weighted by atomic mass is 35.5. The van der Waals surface area contributed by atoms with Crippen molar-refractivity contribution in [1.29, 1.82) is 0 Å². The SMILES string of the molecule is CCC(N)CC1(c2ccccc2F)CCOCC1.Cl. The molecule has 1 atom stereocenters. The van der Waals surface area contributed by atoms with E-state index in [1.54, 1.807) is 12.1 Å². The minimum Gasteiger partial charge on any atom is -0.381 e. The van der Waals surface area contributed by atoms with E-state index in [0.29, 0.717) is 13.2 Å². The third kappa shape index (κ3) is 3.68. The topological polar surface area (TPSA) is 35.2 Å². The van der Waals surface area contributed by atoms with Gasteiger partial charge in [0.2, 0.25) is 0 Å². The maximum absolute atomic E-state index is 14.1. The lowest BCUT2D eigenvalue weighted by Crippen LogP contribution is -2.40. The standard InChI is InChI=1S/C15H22FNO.ClH/c1-2-12(17)11-15(7-9-18-10-8-15)13-5-3-4-6-14(13)16;/h3-6,12H,2,7-11,17H2,1H3;1H. The minimum atomic E-state index is -0.140. The molecule has 1 saturated heterocycles. The molecule has 0 spiro atoms. The second-order valence-electron chi connectivity index (χ2n) is 5.25. The summed E-state index contributed by atoms with van der Waals surface area (Å²) in [7, 11) is 0. The first-order chi connectivity index (χ1) is 8.68. The van der Waals surface area contributed by atoms with Crippen molar-refractivity contribution in [3.63, 3.8) is 0 Å². The van der Waals surface area contributed by atoms with Crippen molar-refractivity contribution in [2.24, 2.45) is 5.73 Å². The van der Waals surface area contributed by atoms with E-state index in [0.717, 1.165) is 31.2 Å². The second-order valence-corrected chi connectivity index (χ2v) is 5.25. The number of benzene rings is 1. The van der Waals surface area contributed by atoms with Gasteiger partial charge in [0.05, 0.1) is 0 Å². The van der Waals surface area contributed by atoms with Gasteiger partial charge >= 0.3 is 0 Å². The van der Waals surface area contributed by atoms with Gasteiger partial charge in [0.1, 0.15) is 5.82 Å². The van der Waals surface area contributed by atoms with Crippen LogP contribution in [0, 0.1) is 5.82 Å². The summed E-state index contributed by atoms with van der Waals surface area (Å²) < 4.78 is 19.5. The van der Waals surface area contributed by atoms with E-state index in [9.17, 15) is 4.39 Å². The highest BCUT2D eigenvalue weighted by Gasteiger charge is 2.37. The lowest BCUT2D eigenvalue weighted by molar-refractivity contribution is 0.0428. The lowest BCUT2D eigenvalue weighted by Gasteiger charge is -2.39. The Morgan fingerprint density at radius 2 is 1.95 bits per heavy atom. The van der Waals surface area contributed by atoms with E-state index in [1.165, 1.54) is 0 Å². The van der Waals surface area contributed by atoms with Crippen LogP contribution in [0.25, 0.3) is 0 Å². The summed E-state index contributed by atoms with van der Waals surface area (Å²) in [5.74, 6) is -0.109. The average Bonchev–Trinajstić information content (AvgIpc) is 2.40. The van der Waals surface area contributed by atoms with Crippen LogP contribution < -0.4 is 5.73 Å². The molecule has 0 amide bonds. The van der Waals surface area contributed by atoms with Gasteiger partial charge in [-0.1, -0.05) is 25.1 Å². The summed E-state index contributed by atoms with van der Waals surface area (Å²) in [6.07, 6.45) is 3.49. The number of nitrogens with two attached hydrogens (primary N) is 1. The molecule has 2 rings (SSSR count). The summed E-state index contributed by atoms with van der Waals surface area (Å²) >= 11 is 0. The predicted octanol–water partition coefficient (Wildman–Crippen LogP) is 3.42. The molecular formula is C15H23ClFNO. The van der Waals surface area contributed by atoms with Crippen LogP contribution in [0.5, 0.6) is 0 Å². The average molecular weight is 288 g/mol. The Morgan fingerprint density at radius 3 is 2.53 bits per heavy atom. The number of hydrogen-bond acceptors (Lipinski definition) is 2. The smallest absolute Gasteiger partial charge is 0.126 e. The molecule has 19 heavy (non-hydrogen) atoms. The molecule has 0 aliphatic carbocycles. The Kier molecular flexibility index (Phi) is 6.24. The zero-order chi connectivity index (χ0) is 13.0. The van der Waals surface area contributed by atoms with E-state index >= 15 is 0 Å². The molecule has 0 aromatic heterocycles. The lowest BCUT2D eigenvalue weighted by atomic mass is 9.69. The van der Waals surface area contributed by atoms with Crippen LogP contribution in [0.1, 0.15) is 38.2 Å². The van der Waals surface area contributed by atoms with Gasteiger partial charge in [0.25, 0.3) is 0 Å². The normalized spacial score (nSPS) is 19.5. The third-order valence-electron chi connectivity index (χ3n) is 4.07. The van der Waals surface area contributed by atoms with Gasteiger partial charge < -0.3 is 10.5 Å². The maximum atomic E-state index is 14.1. The summed E-state index contributed by atoms with van der Waals surface area (Å²) in [6, 6.07) is 7.23. The molecule has 1 fully saturated rings. The zero-order valence-corrected chi connectivity index (χ0v) is 12.2. The Bertz CT molecular complexity index is 393. The first-order valence-corrected chi connectivity index (χ1v) is 6.76. The Labute approximate surface area is 120 Å². The minimum absolute atomic E-state index is 0. The van der Waals surface area contributed by atoms with Gasteiger partial charge in [-0.25, -0.2) is 4.39 Å². The van der Waals surface area contributed by atoms with Crippen molar-refractivity contribution in [2.75, 3.05) is 13.2 Å². The van der Waals surface area contributed by atoms with E-state index in [-0.39, 0.29) is 29.7 Å². The van der Waals surface area contributed by atoms with Crippen LogP contribution in [0.4, 0.5) is 4.39 Å². The van der Waals surface area contributed by atoms with E-state index in [2.05, 4.69) is 6.92 Å². The number of rotatable bonds is 4. The molecule has 1 aliphatic heterocycles. The molecule has 2 nitrogen and oxygen atoms in total. The monoisotopic (exact) mass is 287 g/mol. The van der Waals surface area contributed by atoms with Crippen LogP contribution >= 0.6 is 12.4 Å². The van der Waals surface area contributed by atoms with Crippen molar-refractivity contribution in [1.82, 2.24) is 0 Å². The first kappa shape index (κ1) is 16.4. The van der Waals surface area contributed by atoms with E-state index in [1.807, 2.05) is 12.1 Å². The Hall–Kier alpha value is -0.640. The molecule has 4 heteroatoms. The largest absolute Gasteiger partial charge is 0.381 e. The molecule has 1 heterocycles. The van der Waals surface area contributed by atoms with Crippen LogP contribution in [0.15, 0.2) is 24.3 Å².